The van der Waals surface area contributed by atoms with Gasteiger partial charge in [0, 0.05) is 7.11 Å². The van der Waals surface area contributed by atoms with E-state index in [1.807, 2.05) is 37.3 Å². The van der Waals surface area contributed by atoms with Gasteiger partial charge in [-0.15, -0.1) is 0 Å². The number of hydrogen-bond acceptors (Lipinski definition) is 2. The molecule has 0 bridgehead atoms. The van der Waals surface area contributed by atoms with Crippen LogP contribution in [0.4, 0.5) is 0 Å². The van der Waals surface area contributed by atoms with Gasteiger partial charge in [-0.1, -0.05) is 46.3 Å². The van der Waals surface area contributed by atoms with Gasteiger partial charge in [0.05, 0.1) is 5.54 Å². The van der Waals surface area contributed by atoms with Gasteiger partial charge in [-0.05, 0) is 12.5 Å². The molecule has 1 aromatic carbocycles. The van der Waals surface area contributed by atoms with Crippen LogP contribution >= 0.6 is 15.9 Å². The molecule has 86 valence electrons. The van der Waals surface area contributed by atoms with Crippen molar-refractivity contribution >= 4 is 21.8 Å². The van der Waals surface area contributed by atoms with E-state index in [1.54, 1.807) is 12.0 Å². The summed E-state index contributed by atoms with van der Waals surface area (Å²) < 4.78 is 5.07. The van der Waals surface area contributed by atoms with Crippen molar-refractivity contribution in [2.75, 3.05) is 13.8 Å². The van der Waals surface area contributed by atoms with Crippen LogP contribution < -0.4 is 0 Å². The Balaban J connectivity index is 2.33. The van der Waals surface area contributed by atoms with Gasteiger partial charge >= 0.3 is 0 Å². The molecule has 1 aromatic rings. The number of alkyl halides is 1. The summed E-state index contributed by atoms with van der Waals surface area (Å²) in [6.45, 7) is 2.37. The van der Waals surface area contributed by atoms with Crippen LogP contribution in [-0.4, -0.2) is 29.5 Å². The minimum Gasteiger partial charge on any atom is -0.364 e. The van der Waals surface area contributed by atoms with Crippen LogP contribution in [0.3, 0.4) is 0 Å². The van der Waals surface area contributed by atoms with Crippen LogP contribution in [0.1, 0.15) is 12.5 Å². The van der Waals surface area contributed by atoms with Gasteiger partial charge < -0.3 is 9.64 Å². The highest BCUT2D eigenvalue weighted by Crippen LogP contribution is 2.45. The lowest BCUT2D eigenvalue weighted by Crippen LogP contribution is -2.68. The summed E-state index contributed by atoms with van der Waals surface area (Å²) in [5.74, 6) is 0.0770. The molecular weight excluding hydrogens is 270 g/mol. The molecule has 4 heteroatoms. The SMILES string of the molecule is COCN1C(=O)C(Br)C1(C)c1ccccc1. The van der Waals surface area contributed by atoms with Crippen molar-refractivity contribution in [2.45, 2.75) is 17.3 Å². The number of methoxy groups -OCH3 is 1. The summed E-state index contributed by atoms with van der Waals surface area (Å²) in [6, 6.07) is 9.99. The highest BCUT2D eigenvalue weighted by molar-refractivity contribution is 9.10. The number of ether oxygens (including phenoxy) is 1. The topological polar surface area (TPSA) is 29.5 Å². The average Bonchev–Trinajstić information content (AvgIpc) is 2.35. The standard InChI is InChI=1S/C12H14BrNO2/c1-12(9-6-4-3-5-7-9)10(13)11(15)14(12)8-16-2/h3-7,10H,8H2,1-2H3. The van der Waals surface area contributed by atoms with Crippen molar-refractivity contribution in [1.82, 2.24) is 4.90 Å². The summed E-state index contributed by atoms with van der Waals surface area (Å²) in [4.78, 5) is 13.3. The molecule has 1 aliphatic heterocycles. The molecule has 0 radical (unpaired) electrons. The molecule has 0 N–H and O–H groups in total. The lowest BCUT2D eigenvalue weighted by molar-refractivity contribution is -0.164. The molecule has 1 fully saturated rings. The fourth-order valence-electron chi connectivity index (χ4n) is 2.08. The zero-order chi connectivity index (χ0) is 11.8. The lowest BCUT2D eigenvalue weighted by Gasteiger charge is -2.53. The largest absolute Gasteiger partial charge is 0.364 e. The Kier molecular flexibility index (Phi) is 3.04. The molecule has 0 spiro atoms. The summed E-state index contributed by atoms with van der Waals surface area (Å²) in [6.07, 6.45) is 0. The normalized spacial score (nSPS) is 29.1. The summed E-state index contributed by atoms with van der Waals surface area (Å²) in [5.41, 5.74) is 0.808. The maximum absolute atomic E-state index is 11.7. The maximum atomic E-state index is 11.7. The van der Waals surface area contributed by atoms with Crippen LogP contribution in [0.25, 0.3) is 0 Å². The Morgan fingerprint density at radius 3 is 2.62 bits per heavy atom. The fraction of sp³-hybridized carbons (Fsp3) is 0.417. The number of nitrogens with zero attached hydrogens (tertiary/aromatic N) is 1. The fourth-order valence-corrected chi connectivity index (χ4v) is 2.84. The van der Waals surface area contributed by atoms with Gasteiger partial charge in [0.1, 0.15) is 11.6 Å². The lowest BCUT2D eigenvalue weighted by atomic mass is 9.79. The van der Waals surface area contributed by atoms with Crippen molar-refractivity contribution in [3.63, 3.8) is 0 Å². The van der Waals surface area contributed by atoms with Crippen molar-refractivity contribution in [1.29, 1.82) is 0 Å². The molecule has 0 aliphatic carbocycles. The third-order valence-electron chi connectivity index (χ3n) is 3.15. The van der Waals surface area contributed by atoms with Crippen LogP contribution in [0.5, 0.6) is 0 Å². The number of amides is 1. The first kappa shape index (κ1) is 11.6. The molecular formula is C12H14BrNO2. The van der Waals surface area contributed by atoms with E-state index in [0.717, 1.165) is 5.56 Å². The quantitative estimate of drug-likeness (QED) is 0.628. The Labute approximate surface area is 104 Å². The molecule has 3 nitrogen and oxygen atoms in total. The maximum Gasteiger partial charge on any atom is 0.241 e. The first-order valence-corrected chi connectivity index (χ1v) is 6.04. The number of likely N-dealkylation sites (tertiary alicyclic amines) is 1. The van der Waals surface area contributed by atoms with Gasteiger partial charge in [-0.25, -0.2) is 0 Å². The first-order valence-electron chi connectivity index (χ1n) is 5.12. The van der Waals surface area contributed by atoms with Gasteiger partial charge in [0.25, 0.3) is 0 Å². The van der Waals surface area contributed by atoms with E-state index in [9.17, 15) is 4.79 Å². The van der Waals surface area contributed by atoms with E-state index >= 15 is 0 Å². The number of benzene rings is 1. The second-order valence-electron chi connectivity index (χ2n) is 4.06. The molecule has 0 aromatic heterocycles. The molecule has 1 amide bonds. The number of carbonyl (C=O) groups is 1. The molecule has 2 unspecified atom stereocenters. The Hall–Kier alpha value is -0.870. The zero-order valence-corrected chi connectivity index (χ0v) is 10.9. The first-order chi connectivity index (χ1) is 7.62. The molecule has 2 atom stereocenters. The summed E-state index contributed by atoms with van der Waals surface area (Å²) in [5, 5.41) is 0. The smallest absolute Gasteiger partial charge is 0.241 e. The molecule has 1 saturated heterocycles. The minimum atomic E-state index is -0.311. The monoisotopic (exact) mass is 283 g/mol. The number of carbonyl (C=O) groups excluding carboxylic acids is 1. The number of halogens is 1. The van der Waals surface area contributed by atoms with Crippen molar-refractivity contribution in [3.05, 3.63) is 35.9 Å². The van der Waals surface area contributed by atoms with Gasteiger partial charge in [-0.3, -0.25) is 4.79 Å². The number of rotatable bonds is 3. The van der Waals surface area contributed by atoms with Crippen LogP contribution in [0.2, 0.25) is 0 Å². The molecule has 1 aliphatic rings. The molecule has 1 heterocycles. The van der Waals surface area contributed by atoms with E-state index < -0.39 is 0 Å². The van der Waals surface area contributed by atoms with E-state index in [1.165, 1.54) is 0 Å². The van der Waals surface area contributed by atoms with E-state index in [4.69, 9.17) is 4.74 Å². The van der Waals surface area contributed by atoms with Crippen LogP contribution in [-0.2, 0) is 15.1 Å². The predicted molar refractivity (Wildman–Crippen MR) is 65.2 cm³/mol. The van der Waals surface area contributed by atoms with E-state index in [0.29, 0.717) is 6.73 Å². The Bertz CT molecular complexity index is 395. The summed E-state index contributed by atoms with van der Waals surface area (Å²) >= 11 is 3.45. The molecule has 2 rings (SSSR count). The van der Waals surface area contributed by atoms with Gasteiger partial charge in [0.15, 0.2) is 0 Å². The van der Waals surface area contributed by atoms with Crippen LogP contribution in [0, 0.1) is 0 Å². The summed E-state index contributed by atoms with van der Waals surface area (Å²) in [7, 11) is 1.60. The zero-order valence-electron chi connectivity index (χ0n) is 9.31. The van der Waals surface area contributed by atoms with E-state index in [2.05, 4.69) is 15.9 Å². The highest BCUT2D eigenvalue weighted by atomic mass is 79.9. The predicted octanol–water partition coefficient (Wildman–Crippen LogP) is 2.11. The number of β-lactam (4-membered cyclic amide) rings is 1. The van der Waals surface area contributed by atoms with Crippen molar-refractivity contribution in [3.8, 4) is 0 Å². The second-order valence-corrected chi connectivity index (χ2v) is 4.98. The van der Waals surface area contributed by atoms with Crippen molar-refractivity contribution < 1.29 is 9.53 Å². The Morgan fingerprint density at radius 1 is 1.44 bits per heavy atom. The second kappa shape index (κ2) is 4.18. The number of hydrogen-bond donors (Lipinski definition) is 0. The van der Waals surface area contributed by atoms with Crippen LogP contribution in [0.15, 0.2) is 30.3 Å². The third-order valence-corrected chi connectivity index (χ3v) is 4.44. The highest BCUT2D eigenvalue weighted by Gasteiger charge is 2.56. The third kappa shape index (κ3) is 1.48. The van der Waals surface area contributed by atoms with E-state index in [-0.39, 0.29) is 16.3 Å². The van der Waals surface area contributed by atoms with Gasteiger partial charge in [-0.2, -0.15) is 0 Å². The van der Waals surface area contributed by atoms with Crippen molar-refractivity contribution in [2.24, 2.45) is 0 Å². The molecule has 16 heavy (non-hydrogen) atoms. The van der Waals surface area contributed by atoms with Gasteiger partial charge in [0.2, 0.25) is 5.91 Å². The average molecular weight is 284 g/mol. The minimum absolute atomic E-state index is 0.0770. The Morgan fingerprint density at radius 2 is 2.06 bits per heavy atom. The molecule has 0 saturated carbocycles.